The molecule has 2 fully saturated rings. The van der Waals surface area contributed by atoms with E-state index < -0.39 is 35.0 Å². The average molecular weight is 618 g/mol. The highest BCUT2D eigenvalue weighted by Gasteiger charge is 2.65. The number of hydrogen-bond donors (Lipinski definition) is 1. The van der Waals surface area contributed by atoms with Crippen molar-refractivity contribution in [3.8, 4) is 17.2 Å². The topological polar surface area (TPSA) is 110 Å². The molecule has 2 amide bonds. The minimum atomic E-state index is -1.38. The molecule has 1 N–H and O–H groups in total. The van der Waals surface area contributed by atoms with Crippen molar-refractivity contribution in [1.29, 1.82) is 0 Å². The summed E-state index contributed by atoms with van der Waals surface area (Å²) < 4.78 is 11.1. The van der Waals surface area contributed by atoms with Crippen LogP contribution in [0.2, 0.25) is 0 Å². The lowest BCUT2D eigenvalue weighted by atomic mass is 9.44. The summed E-state index contributed by atoms with van der Waals surface area (Å²) in [4.78, 5) is 58.6. The molecule has 8 heteroatoms. The Morgan fingerprint density at radius 3 is 2.11 bits per heavy atom. The lowest BCUT2D eigenvalue weighted by Crippen LogP contribution is -2.58. The van der Waals surface area contributed by atoms with Crippen LogP contribution in [0.1, 0.15) is 42.4 Å². The number of rotatable bonds is 6. The zero-order chi connectivity index (χ0) is 32.3. The molecule has 0 aromatic heterocycles. The number of fused-ring (bicyclic) bond motifs is 4. The van der Waals surface area contributed by atoms with Crippen molar-refractivity contribution in [2.75, 3.05) is 20.8 Å². The Kier molecular flexibility index (Phi) is 7.18. The maximum Gasteiger partial charge on any atom is 0.233 e. The quantitative estimate of drug-likeness (QED) is 0.297. The number of carbonyl (C=O) groups is 4. The minimum Gasteiger partial charge on any atom is -0.502 e. The van der Waals surface area contributed by atoms with E-state index in [-0.39, 0.29) is 53.6 Å². The van der Waals surface area contributed by atoms with Gasteiger partial charge in [0.15, 0.2) is 23.1 Å². The van der Waals surface area contributed by atoms with Crippen LogP contribution in [0, 0.1) is 23.7 Å². The molecule has 0 spiro atoms. The molecule has 234 valence electrons. The molecule has 1 saturated carbocycles. The fourth-order valence-electron chi connectivity index (χ4n) is 8.71. The van der Waals surface area contributed by atoms with E-state index in [1.165, 1.54) is 25.2 Å². The molecular formula is C38H35NO7. The number of amides is 2. The van der Waals surface area contributed by atoms with Gasteiger partial charge in [0.2, 0.25) is 17.6 Å². The van der Waals surface area contributed by atoms with Gasteiger partial charge in [-0.2, -0.15) is 0 Å². The Labute approximate surface area is 267 Å². The fourth-order valence-corrected chi connectivity index (χ4v) is 8.71. The summed E-state index contributed by atoms with van der Waals surface area (Å²) in [6.07, 6.45) is 4.08. The predicted octanol–water partition coefficient (Wildman–Crippen LogP) is 5.25. The van der Waals surface area contributed by atoms with Gasteiger partial charge in [-0.1, -0.05) is 72.3 Å². The number of Topliss-reactive ketones (excluding diaryl/α,β-unsaturated/α-hetero) is 1. The van der Waals surface area contributed by atoms with E-state index in [0.717, 1.165) is 5.57 Å². The van der Waals surface area contributed by atoms with Crippen molar-refractivity contribution in [3.63, 3.8) is 0 Å². The molecule has 6 atom stereocenters. The number of nitrogens with zero attached hydrogens (tertiary/aromatic N) is 1. The third-order valence-electron chi connectivity index (χ3n) is 10.6. The molecule has 46 heavy (non-hydrogen) atoms. The van der Waals surface area contributed by atoms with Crippen LogP contribution in [-0.2, 0) is 24.6 Å². The van der Waals surface area contributed by atoms with Crippen molar-refractivity contribution < 1.29 is 33.8 Å². The first kappa shape index (κ1) is 29.7. The van der Waals surface area contributed by atoms with Crippen LogP contribution in [0.3, 0.4) is 0 Å². The van der Waals surface area contributed by atoms with E-state index in [2.05, 4.69) is 0 Å². The van der Waals surface area contributed by atoms with Gasteiger partial charge in [0.25, 0.3) is 0 Å². The summed E-state index contributed by atoms with van der Waals surface area (Å²) in [7, 11) is 2.88. The van der Waals surface area contributed by atoms with Crippen LogP contribution in [0.25, 0.3) is 5.57 Å². The van der Waals surface area contributed by atoms with Gasteiger partial charge in [-0.25, -0.2) is 0 Å². The third kappa shape index (κ3) is 4.05. The lowest BCUT2D eigenvalue weighted by Gasteiger charge is -2.55. The monoisotopic (exact) mass is 617 g/mol. The Morgan fingerprint density at radius 1 is 0.870 bits per heavy atom. The molecule has 3 aliphatic carbocycles. The van der Waals surface area contributed by atoms with Crippen LogP contribution in [0.4, 0.5) is 0 Å². The standard InChI is InChI=1S/C38H35NO7/c1-4-39-36(43)25-16-15-24-27(32(25)37(39)44)19-28-34(41)26(21-11-7-5-8-12-21)20-31(40)38(28,23-13-9-6-10-14-23)33(24)22-17-29(45-2)35(42)30(18-22)46-3/h5-15,17-18,20,25,27-28,32-33,42H,4,16,19H2,1-3H3/t25-,27+,28-,32-,33-,38-/m0/s1. The highest BCUT2D eigenvalue weighted by atomic mass is 16.5. The van der Waals surface area contributed by atoms with Gasteiger partial charge in [-0.05, 0) is 60.6 Å². The van der Waals surface area contributed by atoms with Crippen LogP contribution < -0.4 is 9.47 Å². The second-order valence-corrected chi connectivity index (χ2v) is 12.5. The first-order chi connectivity index (χ1) is 22.3. The Bertz CT molecular complexity index is 1800. The second-order valence-electron chi connectivity index (χ2n) is 12.5. The van der Waals surface area contributed by atoms with Crippen LogP contribution in [0.5, 0.6) is 17.2 Å². The Hall–Kier alpha value is -4.98. The van der Waals surface area contributed by atoms with E-state index in [1.807, 2.05) is 66.7 Å². The summed E-state index contributed by atoms with van der Waals surface area (Å²) >= 11 is 0. The molecule has 0 unspecified atom stereocenters. The van der Waals surface area contributed by atoms with Crippen molar-refractivity contribution in [1.82, 2.24) is 4.90 Å². The predicted molar refractivity (Wildman–Crippen MR) is 170 cm³/mol. The molecule has 8 nitrogen and oxygen atoms in total. The largest absolute Gasteiger partial charge is 0.502 e. The number of aromatic hydroxyl groups is 1. The van der Waals surface area contributed by atoms with Gasteiger partial charge in [-0.3, -0.25) is 24.1 Å². The number of hydrogen-bond acceptors (Lipinski definition) is 7. The molecule has 7 rings (SSSR count). The zero-order valence-electron chi connectivity index (χ0n) is 25.9. The molecule has 0 radical (unpaired) electrons. The molecule has 4 aliphatic rings. The van der Waals surface area contributed by atoms with Crippen molar-refractivity contribution >= 4 is 29.0 Å². The normalized spacial score (nSPS) is 28.6. The van der Waals surface area contributed by atoms with Gasteiger partial charge in [-0.15, -0.1) is 0 Å². The van der Waals surface area contributed by atoms with E-state index in [9.17, 15) is 19.5 Å². The zero-order valence-corrected chi connectivity index (χ0v) is 25.9. The van der Waals surface area contributed by atoms with Gasteiger partial charge in [0.1, 0.15) is 0 Å². The van der Waals surface area contributed by atoms with Gasteiger partial charge in [0.05, 0.1) is 31.5 Å². The number of phenolic OH excluding ortho intramolecular Hbond substituents is 1. The molecule has 1 aliphatic heterocycles. The van der Waals surface area contributed by atoms with E-state index in [0.29, 0.717) is 28.7 Å². The van der Waals surface area contributed by atoms with Crippen LogP contribution >= 0.6 is 0 Å². The summed E-state index contributed by atoms with van der Waals surface area (Å²) in [5.41, 5.74) is 1.74. The first-order valence-corrected chi connectivity index (χ1v) is 15.7. The third-order valence-corrected chi connectivity index (χ3v) is 10.6. The van der Waals surface area contributed by atoms with Crippen LogP contribution in [-0.4, -0.2) is 54.2 Å². The van der Waals surface area contributed by atoms with E-state index >= 15 is 4.79 Å². The van der Waals surface area contributed by atoms with E-state index in [4.69, 9.17) is 9.47 Å². The maximum absolute atomic E-state index is 15.1. The summed E-state index contributed by atoms with van der Waals surface area (Å²) in [6, 6.07) is 21.9. The number of carbonyl (C=O) groups excluding carboxylic acids is 4. The van der Waals surface area contributed by atoms with Gasteiger partial charge < -0.3 is 14.6 Å². The molecule has 0 bridgehead atoms. The second kappa shape index (κ2) is 11.1. The number of phenols is 1. The highest BCUT2D eigenvalue weighted by molar-refractivity contribution is 6.31. The number of likely N-dealkylation sites (tertiary alicyclic amines) is 1. The average Bonchev–Trinajstić information content (AvgIpc) is 3.34. The van der Waals surface area contributed by atoms with Gasteiger partial charge in [0, 0.05) is 24.0 Å². The molecule has 1 heterocycles. The van der Waals surface area contributed by atoms with Crippen molar-refractivity contribution in [2.24, 2.45) is 23.7 Å². The lowest BCUT2D eigenvalue weighted by molar-refractivity contribution is -0.140. The minimum absolute atomic E-state index is 0.157. The van der Waals surface area contributed by atoms with Crippen LogP contribution in [0.15, 0.2) is 90.5 Å². The van der Waals surface area contributed by atoms with Gasteiger partial charge >= 0.3 is 0 Å². The molecule has 3 aromatic rings. The summed E-state index contributed by atoms with van der Waals surface area (Å²) in [5.74, 6) is -3.88. The maximum atomic E-state index is 15.1. The Morgan fingerprint density at radius 2 is 1.50 bits per heavy atom. The number of ketones is 2. The molecule has 3 aromatic carbocycles. The SMILES string of the molecule is CCN1C(=O)[C@H]2[C@H](CC=C3[C@H]2C[C@H]2C(=O)C(c4ccccc4)=CC(=O)[C@@]2(c2ccccc2)[C@H]3c2cc(OC)c(O)c(OC)c2)C1=O. The first-order valence-electron chi connectivity index (χ1n) is 15.7. The summed E-state index contributed by atoms with van der Waals surface area (Å²) in [6.45, 7) is 2.07. The number of allylic oxidation sites excluding steroid dienone is 4. The number of ether oxygens (including phenoxy) is 2. The molecular weight excluding hydrogens is 582 g/mol. The smallest absolute Gasteiger partial charge is 0.233 e. The summed E-state index contributed by atoms with van der Waals surface area (Å²) in [5, 5.41) is 10.9. The number of methoxy groups -OCH3 is 2. The van der Waals surface area contributed by atoms with Crippen molar-refractivity contribution in [3.05, 3.63) is 107 Å². The number of imide groups is 1. The Balaban J connectivity index is 1.54. The van der Waals surface area contributed by atoms with E-state index in [1.54, 1.807) is 19.1 Å². The number of benzene rings is 3. The highest BCUT2D eigenvalue weighted by Crippen LogP contribution is 2.64. The van der Waals surface area contributed by atoms with Crippen molar-refractivity contribution in [2.45, 2.75) is 31.1 Å². The molecule has 1 saturated heterocycles. The fraction of sp³-hybridized carbons (Fsp3) is 0.316.